The van der Waals surface area contributed by atoms with Gasteiger partial charge in [-0.25, -0.2) is 9.97 Å². The van der Waals surface area contributed by atoms with Crippen molar-refractivity contribution in [2.75, 3.05) is 5.32 Å². The molecule has 5 nitrogen and oxygen atoms in total. The van der Waals surface area contributed by atoms with Crippen LogP contribution in [0.25, 0.3) is 16.3 Å². The van der Waals surface area contributed by atoms with Gasteiger partial charge in [-0.1, -0.05) is 30.3 Å². The predicted octanol–water partition coefficient (Wildman–Crippen LogP) is 4.25. The number of hydrogen-bond acceptors (Lipinski definition) is 4. The van der Waals surface area contributed by atoms with E-state index in [1.165, 1.54) is 11.3 Å². The smallest absolute Gasteiger partial charge is 0.267 e. The van der Waals surface area contributed by atoms with Crippen molar-refractivity contribution in [3.05, 3.63) is 84.4 Å². The quantitative estimate of drug-likeness (QED) is 0.601. The molecule has 2 heterocycles. The molecule has 0 saturated carbocycles. The molecule has 0 fully saturated rings. The molecule has 0 aliphatic carbocycles. The molecule has 0 unspecified atom stereocenters. The molecule has 0 spiro atoms. The SMILES string of the molecule is O=C(Nc1ccc(-n2ccnc2)cc1)c1cnc(-c2ccccc2)s1. The van der Waals surface area contributed by atoms with E-state index in [2.05, 4.69) is 15.3 Å². The van der Waals surface area contributed by atoms with Crippen LogP contribution in [0.1, 0.15) is 9.67 Å². The number of carbonyl (C=O) groups is 1. The second-order valence-electron chi connectivity index (χ2n) is 5.37. The van der Waals surface area contributed by atoms with Crippen LogP contribution in [0.3, 0.4) is 0 Å². The number of nitrogens with one attached hydrogen (secondary N) is 1. The Bertz CT molecular complexity index is 976. The number of rotatable bonds is 4. The van der Waals surface area contributed by atoms with Gasteiger partial charge in [0, 0.05) is 29.3 Å². The summed E-state index contributed by atoms with van der Waals surface area (Å²) >= 11 is 1.38. The van der Waals surface area contributed by atoms with Gasteiger partial charge < -0.3 is 9.88 Å². The Morgan fingerprint density at radius 2 is 1.84 bits per heavy atom. The predicted molar refractivity (Wildman–Crippen MR) is 99.1 cm³/mol. The molecular formula is C19H14N4OS. The molecule has 4 rings (SSSR count). The van der Waals surface area contributed by atoms with E-state index >= 15 is 0 Å². The third-order valence-corrected chi connectivity index (χ3v) is 4.72. The van der Waals surface area contributed by atoms with Crippen molar-refractivity contribution < 1.29 is 4.79 Å². The van der Waals surface area contributed by atoms with Crippen LogP contribution in [0.4, 0.5) is 5.69 Å². The van der Waals surface area contributed by atoms with Gasteiger partial charge in [-0.2, -0.15) is 0 Å². The second kappa shape index (κ2) is 6.70. The largest absolute Gasteiger partial charge is 0.321 e. The highest BCUT2D eigenvalue weighted by atomic mass is 32.1. The lowest BCUT2D eigenvalue weighted by molar-refractivity contribution is 0.103. The van der Waals surface area contributed by atoms with Gasteiger partial charge in [0.2, 0.25) is 0 Å². The number of benzene rings is 2. The Morgan fingerprint density at radius 1 is 1.04 bits per heavy atom. The Hall–Kier alpha value is -3.25. The molecule has 6 heteroatoms. The average Bonchev–Trinajstić information content (AvgIpc) is 3.35. The lowest BCUT2D eigenvalue weighted by Gasteiger charge is -2.06. The Balaban J connectivity index is 1.48. The van der Waals surface area contributed by atoms with Gasteiger partial charge >= 0.3 is 0 Å². The maximum Gasteiger partial charge on any atom is 0.267 e. The van der Waals surface area contributed by atoms with Crippen LogP contribution in [0.5, 0.6) is 0 Å². The van der Waals surface area contributed by atoms with Crippen LogP contribution in [-0.2, 0) is 0 Å². The van der Waals surface area contributed by atoms with E-state index in [1.54, 1.807) is 18.7 Å². The van der Waals surface area contributed by atoms with Gasteiger partial charge in [-0.15, -0.1) is 11.3 Å². The maximum atomic E-state index is 12.4. The standard InChI is InChI=1S/C19H14N4OS/c24-18(17-12-21-19(25-17)14-4-2-1-3-5-14)22-15-6-8-16(9-7-15)23-11-10-20-13-23/h1-13H,(H,22,24). The van der Waals surface area contributed by atoms with Crippen LogP contribution >= 0.6 is 11.3 Å². The summed E-state index contributed by atoms with van der Waals surface area (Å²) in [6.07, 6.45) is 6.94. The van der Waals surface area contributed by atoms with E-state index < -0.39 is 0 Å². The fourth-order valence-electron chi connectivity index (χ4n) is 2.41. The summed E-state index contributed by atoms with van der Waals surface area (Å²) in [5, 5.41) is 3.74. The van der Waals surface area contributed by atoms with Crippen molar-refractivity contribution in [1.29, 1.82) is 0 Å². The topological polar surface area (TPSA) is 59.8 Å². The van der Waals surface area contributed by atoms with Gasteiger partial charge in [-0.05, 0) is 24.3 Å². The van der Waals surface area contributed by atoms with Gasteiger partial charge in [0.05, 0.1) is 12.5 Å². The van der Waals surface area contributed by atoms with Crippen molar-refractivity contribution in [2.45, 2.75) is 0 Å². The number of aromatic nitrogens is 3. The zero-order chi connectivity index (χ0) is 17.1. The molecular weight excluding hydrogens is 332 g/mol. The summed E-state index contributed by atoms with van der Waals surface area (Å²) in [5.74, 6) is -0.157. The lowest BCUT2D eigenvalue weighted by Crippen LogP contribution is -2.10. The third-order valence-electron chi connectivity index (χ3n) is 3.68. The minimum absolute atomic E-state index is 0.157. The van der Waals surface area contributed by atoms with E-state index in [0.717, 1.165) is 21.9 Å². The summed E-state index contributed by atoms with van der Waals surface area (Å²) in [4.78, 5) is 21.4. The van der Waals surface area contributed by atoms with Crippen molar-refractivity contribution in [1.82, 2.24) is 14.5 Å². The number of nitrogens with zero attached hydrogens (tertiary/aromatic N) is 3. The van der Waals surface area contributed by atoms with Gasteiger partial charge in [0.25, 0.3) is 5.91 Å². The van der Waals surface area contributed by atoms with Crippen LogP contribution in [-0.4, -0.2) is 20.4 Å². The molecule has 0 aliphatic heterocycles. The van der Waals surface area contributed by atoms with Crippen molar-refractivity contribution in [3.8, 4) is 16.3 Å². The zero-order valence-electron chi connectivity index (χ0n) is 13.2. The molecule has 2 aromatic carbocycles. The van der Waals surface area contributed by atoms with Gasteiger partial charge in [0.1, 0.15) is 9.88 Å². The van der Waals surface area contributed by atoms with Crippen molar-refractivity contribution in [3.63, 3.8) is 0 Å². The number of carbonyl (C=O) groups excluding carboxylic acids is 1. The summed E-state index contributed by atoms with van der Waals surface area (Å²) in [6.45, 7) is 0. The Morgan fingerprint density at radius 3 is 2.56 bits per heavy atom. The average molecular weight is 346 g/mol. The normalized spacial score (nSPS) is 10.6. The molecule has 122 valence electrons. The minimum Gasteiger partial charge on any atom is -0.321 e. The monoisotopic (exact) mass is 346 g/mol. The molecule has 1 N–H and O–H groups in total. The molecule has 1 amide bonds. The van der Waals surface area contributed by atoms with Crippen LogP contribution in [0, 0.1) is 0 Å². The van der Waals surface area contributed by atoms with E-state index in [0.29, 0.717) is 4.88 Å². The van der Waals surface area contributed by atoms with Gasteiger partial charge in [0.15, 0.2) is 0 Å². The number of anilines is 1. The summed E-state index contributed by atoms with van der Waals surface area (Å²) in [7, 11) is 0. The molecule has 4 aromatic rings. The molecule has 0 radical (unpaired) electrons. The first kappa shape index (κ1) is 15.3. The summed E-state index contributed by atoms with van der Waals surface area (Å²) in [6, 6.07) is 17.4. The molecule has 0 bridgehead atoms. The molecule has 0 aliphatic rings. The molecule has 0 saturated heterocycles. The first-order valence-corrected chi connectivity index (χ1v) is 8.52. The molecule has 2 aromatic heterocycles. The first-order chi connectivity index (χ1) is 12.3. The van der Waals surface area contributed by atoms with E-state index in [1.807, 2.05) is 65.4 Å². The summed E-state index contributed by atoms with van der Waals surface area (Å²) in [5.41, 5.74) is 2.74. The molecule has 0 atom stereocenters. The Labute approximate surface area is 148 Å². The fraction of sp³-hybridized carbons (Fsp3) is 0. The first-order valence-electron chi connectivity index (χ1n) is 7.70. The highest BCUT2D eigenvalue weighted by Crippen LogP contribution is 2.25. The number of thiazole rings is 1. The molecule has 25 heavy (non-hydrogen) atoms. The number of amides is 1. The van der Waals surface area contributed by atoms with Crippen LogP contribution in [0.15, 0.2) is 79.5 Å². The van der Waals surface area contributed by atoms with Crippen LogP contribution < -0.4 is 5.32 Å². The number of hydrogen-bond donors (Lipinski definition) is 1. The van der Waals surface area contributed by atoms with E-state index in [9.17, 15) is 4.79 Å². The number of imidazole rings is 1. The second-order valence-corrected chi connectivity index (χ2v) is 6.40. The zero-order valence-corrected chi connectivity index (χ0v) is 14.0. The highest BCUT2D eigenvalue weighted by molar-refractivity contribution is 7.17. The fourth-order valence-corrected chi connectivity index (χ4v) is 3.23. The highest BCUT2D eigenvalue weighted by Gasteiger charge is 2.12. The van der Waals surface area contributed by atoms with Crippen molar-refractivity contribution >= 4 is 22.9 Å². The minimum atomic E-state index is -0.157. The maximum absolute atomic E-state index is 12.4. The Kier molecular flexibility index (Phi) is 4.10. The van der Waals surface area contributed by atoms with E-state index in [-0.39, 0.29) is 5.91 Å². The summed E-state index contributed by atoms with van der Waals surface area (Å²) < 4.78 is 1.90. The third kappa shape index (κ3) is 3.34. The van der Waals surface area contributed by atoms with Crippen molar-refractivity contribution in [2.24, 2.45) is 0 Å². The van der Waals surface area contributed by atoms with E-state index in [4.69, 9.17) is 0 Å². The lowest BCUT2D eigenvalue weighted by atomic mass is 10.2. The van der Waals surface area contributed by atoms with Crippen LogP contribution in [0.2, 0.25) is 0 Å². The van der Waals surface area contributed by atoms with Gasteiger partial charge in [-0.3, -0.25) is 4.79 Å².